The van der Waals surface area contributed by atoms with Gasteiger partial charge in [-0.15, -0.1) is 11.8 Å². The van der Waals surface area contributed by atoms with E-state index in [0.29, 0.717) is 29.5 Å². The molecule has 2 rings (SSSR count). The average molecular weight is 300 g/mol. The van der Waals surface area contributed by atoms with Gasteiger partial charge in [-0.3, -0.25) is 4.90 Å². The van der Waals surface area contributed by atoms with E-state index in [1.54, 1.807) is 19.2 Å². The van der Waals surface area contributed by atoms with Crippen LogP contribution in [-0.2, 0) is 9.47 Å². The molecule has 5 nitrogen and oxygen atoms in total. The first-order valence-corrected chi connectivity index (χ1v) is 7.23. The Morgan fingerprint density at radius 3 is 3.00 bits per heavy atom. The maximum absolute atomic E-state index is 14.0. The molecule has 2 N–H and O–H groups in total. The van der Waals surface area contributed by atoms with Crippen molar-refractivity contribution >= 4 is 23.5 Å². The van der Waals surface area contributed by atoms with Gasteiger partial charge in [0.1, 0.15) is 11.9 Å². The summed E-state index contributed by atoms with van der Waals surface area (Å²) in [4.78, 5) is 13.6. The average Bonchev–Trinajstić information content (AvgIpc) is 2.82. The first kappa shape index (κ1) is 15.1. The Bertz CT molecular complexity index is 487. The molecule has 1 atom stereocenters. The van der Waals surface area contributed by atoms with E-state index >= 15 is 0 Å². The number of hydrogen-bond donors (Lipinski definition) is 1. The van der Waals surface area contributed by atoms with Crippen molar-refractivity contribution in [2.24, 2.45) is 5.73 Å². The molecule has 1 heterocycles. The van der Waals surface area contributed by atoms with Crippen molar-refractivity contribution in [1.29, 1.82) is 0 Å². The minimum absolute atomic E-state index is 0.260. The van der Waals surface area contributed by atoms with Crippen LogP contribution >= 0.6 is 11.8 Å². The summed E-state index contributed by atoms with van der Waals surface area (Å²) >= 11 is 1.37. The normalized spacial score (nSPS) is 18.4. The predicted molar refractivity (Wildman–Crippen MR) is 75.7 cm³/mol. The monoisotopic (exact) mass is 300 g/mol. The molecule has 0 aliphatic carbocycles. The smallest absolute Gasteiger partial charge is 0.414 e. The van der Waals surface area contributed by atoms with E-state index in [4.69, 9.17) is 15.2 Å². The quantitative estimate of drug-likeness (QED) is 0.641. The number of thioether (sulfide) groups is 1. The lowest BCUT2D eigenvalue weighted by atomic mass is 10.2. The van der Waals surface area contributed by atoms with Crippen LogP contribution in [-0.4, -0.2) is 44.8 Å². The van der Waals surface area contributed by atoms with Gasteiger partial charge < -0.3 is 15.2 Å². The van der Waals surface area contributed by atoms with Crippen LogP contribution in [0.3, 0.4) is 0 Å². The highest BCUT2D eigenvalue weighted by atomic mass is 32.2. The largest absolute Gasteiger partial charge is 0.443 e. The Labute approximate surface area is 121 Å². The number of rotatable bonds is 6. The third-order valence-electron chi connectivity index (χ3n) is 2.91. The SMILES string of the molecule is COCCSc1ccc(N2C[C@H](CN)OC2=O)cc1F. The van der Waals surface area contributed by atoms with Crippen molar-refractivity contribution in [2.45, 2.75) is 11.0 Å². The lowest BCUT2D eigenvalue weighted by molar-refractivity contribution is 0.145. The van der Waals surface area contributed by atoms with Crippen molar-refractivity contribution < 1.29 is 18.7 Å². The molecule has 110 valence electrons. The minimum atomic E-state index is -0.486. The van der Waals surface area contributed by atoms with E-state index in [0.717, 1.165) is 0 Å². The van der Waals surface area contributed by atoms with Gasteiger partial charge >= 0.3 is 6.09 Å². The van der Waals surface area contributed by atoms with Crippen molar-refractivity contribution in [3.05, 3.63) is 24.0 Å². The zero-order valence-electron chi connectivity index (χ0n) is 11.2. The number of anilines is 1. The summed E-state index contributed by atoms with van der Waals surface area (Å²) in [5.74, 6) is 0.320. The number of nitrogens with two attached hydrogens (primary N) is 1. The van der Waals surface area contributed by atoms with Crippen LogP contribution in [0.15, 0.2) is 23.1 Å². The zero-order chi connectivity index (χ0) is 14.5. The molecular weight excluding hydrogens is 283 g/mol. The highest BCUT2D eigenvalue weighted by Gasteiger charge is 2.31. The van der Waals surface area contributed by atoms with Gasteiger partial charge in [0.25, 0.3) is 0 Å². The number of benzene rings is 1. The molecule has 1 amide bonds. The Morgan fingerprint density at radius 1 is 1.60 bits per heavy atom. The molecule has 0 spiro atoms. The molecule has 1 fully saturated rings. The third kappa shape index (κ3) is 3.41. The van der Waals surface area contributed by atoms with Gasteiger partial charge in [0.15, 0.2) is 0 Å². The van der Waals surface area contributed by atoms with Crippen LogP contribution in [0.25, 0.3) is 0 Å². The lowest BCUT2D eigenvalue weighted by Gasteiger charge is -2.14. The van der Waals surface area contributed by atoms with Gasteiger partial charge in [-0.2, -0.15) is 0 Å². The first-order valence-electron chi connectivity index (χ1n) is 6.25. The van der Waals surface area contributed by atoms with Gasteiger partial charge in [0.05, 0.1) is 18.8 Å². The second kappa shape index (κ2) is 6.92. The van der Waals surface area contributed by atoms with Crippen LogP contribution in [0, 0.1) is 5.82 Å². The highest BCUT2D eigenvalue weighted by Crippen LogP contribution is 2.28. The molecule has 0 aromatic heterocycles. The molecule has 20 heavy (non-hydrogen) atoms. The number of halogens is 1. The minimum Gasteiger partial charge on any atom is -0.443 e. The zero-order valence-corrected chi connectivity index (χ0v) is 12.0. The van der Waals surface area contributed by atoms with Gasteiger partial charge in [-0.25, -0.2) is 9.18 Å². The van der Waals surface area contributed by atoms with Crippen molar-refractivity contribution in [2.75, 3.05) is 37.5 Å². The van der Waals surface area contributed by atoms with Gasteiger partial charge in [0.2, 0.25) is 0 Å². The highest BCUT2D eigenvalue weighted by molar-refractivity contribution is 7.99. The Balaban J connectivity index is 2.07. The molecule has 1 aromatic rings. The number of amides is 1. The van der Waals surface area contributed by atoms with Crippen LogP contribution < -0.4 is 10.6 Å². The fourth-order valence-corrected chi connectivity index (χ4v) is 2.70. The summed E-state index contributed by atoms with van der Waals surface area (Å²) in [6, 6.07) is 4.71. The number of hydrogen-bond acceptors (Lipinski definition) is 5. The van der Waals surface area contributed by atoms with E-state index in [9.17, 15) is 9.18 Å². The topological polar surface area (TPSA) is 64.8 Å². The second-order valence-corrected chi connectivity index (χ2v) is 5.44. The van der Waals surface area contributed by atoms with Gasteiger partial charge in [-0.1, -0.05) is 0 Å². The maximum Gasteiger partial charge on any atom is 0.414 e. The fraction of sp³-hybridized carbons (Fsp3) is 0.462. The lowest BCUT2D eigenvalue weighted by Crippen LogP contribution is -2.27. The first-order chi connectivity index (χ1) is 9.65. The molecule has 0 radical (unpaired) electrons. The summed E-state index contributed by atoms with van der Waals surface area (Å²) in [6.07, 6.45) is -0.819. The molecule has 1 aliphatic rings. The van der Waals surface area contributed by atoms with E-state index in [1.807, 2.05) is 0 Å². The number of cyclic esters (lactones) is 1. The Morgan fingerprint density at radius 2 is 2.40 bits per heavy atom. The van der Waals surface area contributed by atoms with Crippen LogP contribution in [0.1, 0.15) is 0 Å². The summed E-state index contributed by atoms with van der Waals surface area (Å²) in [6.45, 7) is 1.17. The molecule has 0 unspecified atom stereocenters. The molecule has 7 heteroatoms. The van der Waals surface area contributed by atoms with Crippen LogP contribution in [0.2, 0.25) is 0 Å². The molecule has 1 aromatic carbocycles. The number of nitrogens with zero attached hydrogens (tertiary/aromatic N) is 1. The summed E-state index contributed by atoms with van der Waals surface area (Å²) in [7, 11) is 1.60. The standard InChI is InChI=1S/C13H17FN2O3S/c1-18-4-5-20-12-3-2-9(6-11(12)14)16-8-10(7-15)19-13(16)17/h2-3,6,10H,4-5,7-8,15H2,1H3/t10-/m0/s1. The molecule has 1 aliphatic heterocycles. The Hall–Kier alpha value is -1.31. The molecular formula is C13H17FN2O3S. The van der Waals surface area contributed by atoms with Crippen LogP contribution in [0.4, 0.5) is 14.9 Å². The third-order valence-corrected chi connectivity index (χ3v) is 3.92. The van der Waals surface area contributed by atoms with Crippen molar-refractivity contribution in [3.8, 4) is 0 Å². The van der Waals surface area contributed by atoms with Crippen LogP contribution in [0.5, 0.6) is 0 Å². The molecule has 1 saturated heterocycles. The maximum atomic E-state index is 14.0. The Kier molecular flexibility index (Phi) is 5.22. The fourth-order valence-electron chi connectivity index (χ4n) is 1.86. The second-order valence-electron chi connectivity index (χ2n) is 4.31. The van der Waals surface area contributed by atoms with E-state index in [1.165, 1.54) is 22.7 Å². The summed E-state index contributed by atoms with van der Waals surface area (Å²) in [5, 5.41) is 0. The number of carbonyl (C=O) groups excluding carboxylic acids is 1. The number of methoxy groups -OCH3 is 1. The summed E-state index contributed by atoms with van der Waals surface area (Å²) < 4.78 is 23.9. The van der Waals surface area contributed by atoms with E-state index in [-0.39, 0.29) is 18.5 Å². The number of ether oxygens (including phenoxy) is 2. The van der Waals surface area contributed by atoms with E-state index < -0.39 is 6.09 Å². The van der Waals surface area contributed by atoms with Crippen molar-refractivity contribution in [1.82, 2.24) is 0 Å². The number of carbonyl (C=O) groups is 1. The van der Waals surface area contributed by atoms with Gasteiger partial charge in [0, 0.05) is 24.3 Å². The molecule has 0 bridgehead atoms. The van der Waals surface area contributed by atoms with Crippen molar-refractivity contribution in [3.63, 3.8) is 0 Å². The predicted octanol–water partition coefficient (Wildman–Crippen LogP) is 1.85. The van der Waals surface area contributed by atoms with E-state index in [2.05, 4.69) is 0 Å². The van der Waals surface area contributed by atoms with Gasteiger partial charge in [-0.05, 0) is 18.2 Å². The summed E-state index contributed by atoms with van der Waals surface area (Å²) in [5.41, 5.74) is 5.95. The molecule has 0 saturated carbocycles.